The van der Waals surface area contributed by atoms with Crippen LogP contribution in [0.3, 0.4) is 0 Å². The van der Waals surface area contributed by atoms with E-state index in [1.165, 1.54) is 36.1 Å². The van der Waals surface area contributed by atoms with Gasteiger partial charge in [0.15, 0.2) is 11.5 Å². The molecule has 0 aromatic heterocycles. The number of fused-ring (bicyclic) bond motifs is 1. The van der Waals surface area contributed by atoms with Crippen molar-refractivity contribution in [3.8, 4) is 11.5 Å². The van der Waals surface area contributed by atoms with E-state index in [4.69, 9.17) is 9.47 Å². The molecule has 0 unspecified atom stereocenters. The van der Waals surface area contributed by atoms with Gasteiger partial charge in [-0.3, -0.25) is 19.3 Å². The third-order valence-electron chi connectivity index (χ3n) is 7.11. The van der Waals surface area contributed by atoms with Crippen LogP contribution in [0.25, 0.3) is 0 Å². The van der Waals surface area contributed by atoms with Gasteiger partial charge < -0.3 is 20.1 Å². The molecule has 2 N–H and O–H groups in total. The molecule has 0 spiro atoms. The smallest absolute Gasteiger partial charge is 0.272 e. The molecular weight excluding hydrogens is 513 g/mol. The quantitative estimate of drug-likeness (QED) is 0.428. The second-order valence-electron chi connectivity index (χ2n) is 10.1. The SMILES string of the molecule is CC(=O)Nc1cccc(N(C(=O)[C@@H]2COc3ccccc3O2)[C@@H](C(=O)NC2CCCCC2)c2ccc(F)cc2)c1. The van der Waals surface area contributed by atoms with E-state index in [9.17, 15) is 18.8 Å². The van der Waals surface area contributed by atoms with Crippen LogP contribution < -0.4 is 25.0 Å². The van der Waals surface area contributed by atoms with Gasteiger partial charge in [0.25, 0.3) is 5.91 Å². The molecule has 5 rings (SSSR count). The molecule has 208 valence electrons. The molecule has 3 aromatic rings. The van der Waals surface area contributed by atoms with Crippen LogP contribution in [-0.4, -0.2) is 36.5 Å². The largest absolute Gasteiger partial charge is 0.485 e. The number of ether oxygens (including phenoxy) is 2. The number of hydrogen-bond acceptors (Lipinski definition) is 5. The Balaban J connectivity index is 1.57. The van der Waals surface area contributed by atoms with Gasteiger partial charge in [-0.15, -0.1) is 0 Å². The van der Waals surface area contributed by atoms with E-state index in [1.807, 2.05) is 6.07 Å². The zero-order valence-electron chi connectivity index (χ0n) is 22.3. The van der Waals surface area contributed by atoms with E-state index < -0.39 is 23.9 Å². The summed E-state index contributed by atoms with van der Waals surface area (Å²) < 4.78 is 25.8. The highest BCUT2D eigenvalue weighted by atomic mass is 19.1. The Bertz CT molecular complexity index is 1370. The molecule has 2 atom stereocenters. The third-order valence-corrected chi connectivity index (χ3v) is 7.11. The zero-order chi connectivity index (χ0) is 28.1. The molecular formula is C31H32FN3O5. The molecule has 40 heavy (non-hydrogen) atoms. The number of nitrogens with zero attached hydrogens (tertiary/aromatic N) is 1. The molecule has 1 aliphatic heterocycles. The van der Waals surface area contributed by atoms with E-state index in [0.29, 0.717) is 28.4 Å². The Morgan fingerprint density at radius 2 is 1.65 bits per heavy atom. The molecule has 9 heteroatoms. The van der Waals surface area contributed by atoms with Crippen LogP contribution in [0.15, 0.2) is 72.8 Å². The number of benzene rings is 3. The van der Waals surface area contributed by atoms with Crippen molar-refractivity contribution in [2.45, 2.75) is 57.2 Å². The summed E-state index contributed by atoms with van der Waals surface area (Å²) in [6.07, 6.45) is 3.80. The number of rotatable bonds is 7. The van der Waals surface area contributed by atoms with Crippen LogP contribution in [-0.2, 0) is 14.4 Å². The topological polar surface area (TPSA) is 97.0 Å². The average molecular weight is 546 g/mol. The Morgan fingerprint density at radius 3 is 2.38 bits per heavy atom. The fourth-order valence-corrected chi connectivity index (χ4v) is 5.23. The highest BCUT2D eigenvalue weighted by Crippen LogP contribution is 2.35. The van der Waals surface area contributed by atoms with Gasteiger partial charge in [0, 0.05) is 24.3 Å². The standard InChI is InChI=1S/C31H32FN3O5/c1-20(36)33-24-10-7-11-25(18-24)35(31(38)28-19-39-26-12-5-6-13-27(26)40-28)29(21-14-16-22(32)17-15-21)30(37)34-23-8-3-2-4-9-23/h5-7,10-18,23,28-29H,2-4,8-9,19H2,1H3,(H,33,36)(H,34,37)/t28-,29+/m0/s1. The van der Waals surface area contributed by atoms with E-state index in [0.717, 1.165) is 32.1 Å². The Labute approximate surface area is 232 Å². The summed E-state index contributed by atoms with van der Waals surface area (Å²) in [4.78, 5) is 41.5. The molecule has 1 aliphatic carbocycles. The number of carbonyl (C=O) groups is 3. The Kier molecular flexibility index (Phi) is 8.28. The van der Waals surface area contributed by atoms with Gasteiger partial charge in [-0.2, -0.15) is 0 Å². The summed E-state index contributed by atoms with van der Waals surface area (Å²) in [6.45, 7) is 1.33. The lowest BCUT2D eigenvalue weighted by Crippen LogP contribution is -2.52. The lowest BCUT2D eigenvalue weighted by atomic mass is 9.94. The van der Waals surface area contributed by atoms with E-state index in [2.05, 4.69) is 10.6 Å². The summed E-state index contributed by atoms with van der Waals surface area (Å²) in [5.74, 6) is -0.682. The Morgan fingerprint density at radius 1 is 0.925 bits per heavy atom. The van der Waals surface area contributed by atoms with E-state index in [-0.39, 0.29) is 24.5 Å². The zero-order valence-corrected chi connectivity index (χ0v) is 22.3. The maximum Gasteiger partial charge on any atom is 0.272 e. The summed E-state index contributed by atoms with van der Waals surface area (Å²) in [5.41, 5.74) is 1.26. The van der Waals surface area contributed by atoms with Crippen molar-refractivity contribution in [3.05, 3.63) is 84.2 Å². The normalized spacial score (nSPS) is 17.4. The van der Waals surface area contributed by atoms with Crippen LogP contribution in [0.2, 0.25) is 0 Å². The maximum absolute atomic E-state index is 14.3. The number of amides is 3. The lowest BCUT2D eigenvalue weighted by Gasteiger charge is -2.36. The van der Waals surface area contributed by atoms with Crippen LogP contribution in [0, 0.1) is 5.82 Å². The fraction of sp³-hybridized carbons (Fsp3) is 0.323. The van der Waals surface area contributed by atoms with Gasteiger partial charge in [-0.05, 0) is 60.9 Å². The first-order valence-electron chi connectivity index (χ1n) is 13.5. The monoisotopic (exact) mass is 545 g/mol. The van der Waals surface area contributed by atoms with Gasteiger partial charge >= 0.3 is 0 Å². The average Bonchev–Trinajstić information content (AvgIpc) is 2.96. The summed E-state index contributed by atoms with van der Waals surface area (Å²) in [5, 5.41) is 5.86. The van der Waals surface area contributed by atoms with Crippen LogP contribution >= 0.6 is 0 Å². The highest BCUT2D eigenvalue weighted by Gasteiger charge is 2.40. The summed E-state index contributed by atoms with van der Waals surface area (Å²) in [7, 11) is 0. The number of hydrogen-bond donors (Lipinski definition) is 2. The van der Waals surface area contributed by atoms with Gasteiger partial charge in [-0.1, -0.05) is 49.6 Å². The number of halogens is 1. The molecule has 3 aromatic carbocycles. The molecule has 1 fully saturated rings. The van der Waals surface area contributed by atoms with Gasteiger partial charge in [0.2, 0.25) is 17.9 Å². The predicted octanol–water partition coefficient (Wildman–Crippen LogP) is 5.15. The number of para-hydroxylation sites is 2. The van der Waals surface area contributed by atoms with Gasteiger partial charge in [0.1, 0.15) is 18.5 Å². The van der Waals surface area contributed by atoms with Crippen LogP contribution in [0.5, 0.6) is 11.5 Å². The number of nitrogens with one attached hydrogen (secondary N) is 2. The molecule has 2 aliphatic rings. The van der Waals surface area contributed by atoms with Gasteiger partial charge in [0.05, 0.1) is 0 Å². The first-order valence-corrected chi connectivity index (χ1v) is 13.5. The van der Waals surface area contributed by atoms with Crippen molar-refractivity contribution in [3.63, 3.8) is 0 Å². The van der Waals surface area contributed by atoms with Crippen LogP contribution in [0.4, 0.5) is 15.8 Å². The summed E-state index contributed by atoms with van der Waals surface area (Å²) >= 11 is 0. The van der Waals surface area contributed by atoms with Crippen molar-refractivity contribution in [2.75, 3.05) is 16.8 Å². The van der Waals surface area contributed by atoms with Crippen molar-refractivity contribution >= 4 is 29.1 Å². The van der Waals surface area contributed by atoms with Crippen molar-refractivity contribution < 1.29 is 28.2 Å². The molecule has 1 heterocycles. The molecule has 1 saturated carbocycles. The predicted molar refractivity (Wildman–Crippen MR) is 149 cm³/mol. The van der Waals surface area contributed by atoms with Crippen LogP contribution in [0.1, 0.15) is 50.6 Å². The molecule has 3 amide bonds. The minimum atomic E-state index is -1.14. The maximum atomic E-state index is 14.3. The van der Waals surface area contributed by atoms with Crippen molar-refractivity contribution in [1.29, 1.82) is 0 Å². The summed E-state index contributed by atoms with van der Waals surface area (Å²) in [6, 6.07) is 18.1. The highest BCUT2D eigenvalue weighted by molar-refractivity contribution is 6.04. The lowest BCUT2D eigenvalue weighted by molar-refractivity contribution is -0.132. The molecule has 0 bridgehead atoms. The fourth-order valence-electron chi connectivity index (χ4n) is 5.23. The molecule has 0 radical (unpaired) electrons. The first-order chi connectivity index (χ1) is 19.4. The molecule has 8 nitrogen and oxygen atoms in total. The number of anilines is 2. The second kappa shape index (κ2) is 12.2. The van der Waals surface area contributed by atoms with Crippen molar-refractivity contribution in [1.82, 2.24) is 5.32 Å². The van der Waals surface area contributed by atoms with Gasteiger partial charge in [-0.25, -0.2) is 4.39 Å². The minimum Gasteiger partial charge on any atom is -0.485 e. The number of carbonyl (C=O) groups excluding carboxylic acids is 3. The first kappa shape index (κ1) is 27.2. The van der Waals surface area contributed by atoms with E-state index in [1.54, 1.807) is 42.5 Å². The minimum absolute atomic E-state index is 0.0204. The molecule has 0 saturated heterocycles. The Hall–Kier alpha value is -4.40. The van der Waals surface area contributed by atoms with Crippen molar-refractivity contribution in [2.24, 2.45) is 0 Å². The third kappa shape index (κ3) is 6.25. The second-order valence-corrected chi connectivity index (χ2v) is 10.1. The van der Waals surface area contributed by atoms with E-state index >= 15 is 0 Å².